The zero-order valence-electron chi connectivity index (χ0n) is 11.9. The van der Waals surface area contributed by atoms with Crippen molar-refractivity contribution in [1.82, 2.24) is 15.2 Å². The number of piperidine rings is 1. The normalized spacial score (nSPS) is 20.8. The highest BCUT2D eigenvalue weighted by Gasteiger charge is 2.31. The number of amides is 1. The van der Waals surface area contributed by atoms with Gasteiger partial charge in [-0.15, -0.1) is 0 Å². The highest BCUT2D eigenvalue weighted by molar-refractivity contribution is 5.76. The Morgan fingerprint density at radius 3 is 2.75 bits per heavy atom. The quantitative estimate of drug-likeness (QED) is 0.889. The summed E-state index contributed by atoms with van der Waals surface area (Å²) in [4.78, 5) is 18.6. The fourth-order valence-electron chi connectivity index (χ4n) is 2.95. The molecular formula is C16H23N3O. The minimum atomic E-state index is 0.179. The summed E-state index contributed by atoms with van der Waals surface area (Å²) in [7, 11) is 0. The van der Waals surface area contributed by atoms with Crippen LogP contribution in [0, 0.1) is 0 Å². The Morgan fingerprint density at radius 2 is 2.10 bits per heavy atom. The number of carbonyl (C=O) groups is 1. The Kier molecular flexibility index (Phi) is 4.31. The number of carbonyl (C=O) groups excluding carboxylic acids is 1. The average Bonchev–Trinajstić information content (AvgIpc) is 3.32. The lowest BCUT2D eigenvalue weighted by atomic mass is 10.0. The third kappa shape index (κ3) is 3.79. The molecule has 2 fully saturated rings. The Labute approximate surface area is 120 Å². The summed E-state index contributed by atoms with van der Waals surface area (Å²) in [6, 6.07) is 5.18. The predicted octanol–water partition coefficient (Wildman–Crippen LogP) is 1.76. The summed E-state index contributed by atoms with van der Waals surface area (Å²) < 4.78 is 0. The highest BCUT2D eigenvalue weighted by Crippen LogP contribution is 2.29. The van der Waals surface area contributed by atoms with E-state index in [1.165, 1.54) is 12.8 Å². The van der Waals surface area contributed by atoms with E-state index in [0.717, 1.165) is 44.0 Å². The monoisotopic (exact) mass is 273 g/mol. The van der Waals surface area contributed by atoms with E-state index in [-0.39, 0.29) is 5.91 Å². The van der Waals surface area contributed by atoms with E-state index >= 15 is 0 Å². The Bertz CT molecular complexity index is 436. The van der Waals surface area contributed by atoms with Crippen LogP contribution in [-0.4, -0.2) is 41.0 Å². The van der Waals surface area contributed by atoms with Gasteiger partial charge >= 0.3 is 0 Å². The summed E-state index contributed by atoms with van der Waals surface area (Å²) >= 11 is 0. The van der Waals surface area contributed by atoms with E-state index in [9.17, 15) is 4.79 Å². The minimum absolute atomic E-state index is 0.179. The molecule has 1 N–H and O–H groups in total. The fourth-order valence-corrected chi connectivity index (χ4v) is 2.95. The van der Waals surface area contributed by atoms with Crippen LogP contribution in [0.5, 0.6) is 0 Å². The molecule has 1 amide bonds. The number of pyridine rings is 1. The number of rotatable bonds is 5. The second kappa shape index (κ2) is 6.35. The van der Waals surface area contributed by atoms with Gasteiger partial charge in [0.25, 0.3) is 0 Å². The molecule has 4 nitrogen and oxygen atoms in total. The van der Waals surface area contributed by atoms with E-state index in [4.69, 9.17) is 0 Å². The molecule has 0 spiro atoms. The van der Waals surface area contributed by atoms with E-state index < -0.39 is 0 Å². The van der Waals surface area contributed by atoms with Gasteiger partial charge in [-0.1, -0.05) is 6.07 Å². The largest absolute Gasteiger partial charge is 0.353 e. The predicted molar refractivity (Wildman–Crippen MR) is 78.3 cm³/mol. The molecule has 0 atom stereocenters. The van der Waals surface area contributed by atoms with E-state index in [1.54, 1.807) is 6.20 Å². The summed E-state index contributed by atoms with van der Waals surface area (Å²) in [5, 5.41) is 3.18. The van der Waals surface area contributed by atoms with Crippen LogP contribution in [0.25, 0.3) is 0 Å². The molecule has 1 aromatic heterocycles. The van der Waals surface area contributed by atoms with Crippen LogP contribution < -0.4 is 5.32 Å². The van der Waals surface area contributed by atoms with Crippen LogP contribution in [-0.2, 0) is 11.2 Å². The number of likely N-dealkylation sites (tertiary alicyclic amines) is 1. The van der Waals surface area contributed by atoms with Crippen molar-refractivity contribution in [2.45, 2.75) is 50.6 Å². The molecule has 3 rings (SSSR count). The minimum Gasteiger partial charge on any atom is -0.353 e. The highest BCUT2D eigenvalue weighted by atomic mass is 16.1. The molecule has 0 unspecified atom stereocenters. The van der Waals surface area contributed by atoms with Crippen molar-refractivity contribution in [1.29, 1.82) is 0 Å². The standard InChI is InChI=1S/C16H23N3O/c20-16(6-3-13-2-1-9-17-12-13)18-14-7-10-19(11-8-14)15-4-5-15/h1-2,9,12,14-15H,3-8,10-11H2,(H,18,20). The zero-order chi connectivity index (χ0) is 13.8. The summed E-state index contributed by atoms with van der Waals surface area (Å²) in [6.07, 6.45) is 9.91. The molecule has 20 heavy (non-hydrogen) atoms. The van der Waals surface area contributed by atoms with Crippen LogP contribution in [0.3, 0.4) is 0 Å². The van der Waals surface area contributed by atoms with Crippen LogP contribution in [0.15, 0.2) is 24.5 Å². The molecule has 0 aromatic carbocycles. The lowest BCUT2D eigenvalue weighted by Gasteiger charge is -2.32. The fraction of sp³-hybridized carbons (Fsp3) is 0.625. The summed E-state index contributed by atoms with van der Waals surface area (Å²) in [5.74, 6) is 0.179. The maximum absolute atomic E-state index is 12.0. The third-order valence-electron chi connectivity index (χ3n) is 4.32. The molecule has 2 heterocycles. The summed E-state index contributed by atoms with van der Waals surface area (Å²) in [6.45, 7) is 2.30. The van der Waals surface area contributed by atoms with Crippen molar-refractivity contribution in [3.05, 3.63) is 30.1 Å². The van der Waals surface area contributed by atoms with Crippen molar-refractivity contribution in [2.75, 3.05) is 13.1 Å². The van der Waals surface area contributed by atoms with Gasteiger partial charge in [0.2, 0.25) is 5.91 Å². The Hall–Kier alpha value is -1.42. The number of hydrogen-bond acceptors (Lipinski definition) is 3. The van der Waals surface area contributed by atoms with Crippen LogP contribution in [0.4, 0.5) is 0 Å². The van der Waals surface area contributed by atoms with Crippen molar-refractivity contribution < 1.29 is 4.79 Å². The Balaban J connectivity index is 1.36. The van der Waals surface area contributed by atoms with Crippen molar-refractivity contribution in [3.63, 3.8) is 0 Å². The van der Waals surface area contributed by atoms with Crippen LogP contribution >= 0.6 is 0 Å². The number of nitrogens with zero attached hydrogens (tertiary/aromatic N) is 2. The zero-order valence-corrected chi connectivity index (χ0v) is 11.9. The van der Waals surface area contributed by atoms with Gasteiger partial charge in [0.05, 0.1) is 0 Å². The van der Waals surface area contributed by atoms with Gasteiger partial charge in [0.1, 0.15) is 0 Å². The number of nitrogens with one attached hydrogen (secondary N) is 1. The van der Waals surface area contributed by atoms with E-state index in [1.807, 2.05) is 18.3 Å². The molecule has 4 heteroatoms. The topological polar surface area (TPSA) is 45.2 Å². The molecular weight excluding hydrogens is 250 g/mol. The van der Waals surface area contributed by atoms with Crippen LogP contribution in [0.1, 0.15) is 37.7 Å². The van der Waals surface area contributed by atoms with Gasteiger partial charge in [-0.05, 0) is 43.7 Å². The van der Waals surface area contributed by atoms with Gasteiger partial charge in [-0.2, -0.15) is 0 Å². The first kappa shape index (κ1) is 13.6. The second-order valence-corrected chi connectivity index (χ2v) is 5.97. The third-order valence-corrected chi connectivity index (χ3v) is 4.32. The van der Waals surface area contributed by atoms with E-state index in [2.05, 4.69) is 15.2 Å². The lowest BCUT2D eigenvalue weighted by molar-refractivity contribution is -0.122. The molecule has 1 saturated carbocycles. The maximum atomic E-state index is 12.0. The van der Waals surface area contributed by atoms with E-state index in [0.29, 0.717) is 12.5 Å². The van der Waals surface area contributed by atoms with Crippen molar-refractivity contribution in [3.8, 4) is 0 Å². The average molecular weight is 273 g/mol. The van der Waals surface area contributed by atoms with Gasteiger partial charge < -0.3 is 10.2 Å². The second-order valence-electron chi connectivity index (χ2n) is 5.97. The number of hydrogen-bond donors (Lipinski definition) is 1. The SMILES string of the molecule is O=C(CCc1cccnc1)NC1CCN(C2CC2)CC1. The van der Waals surface area contributed by atoms with Crippen LogP contribution in [0.2, 0.25) is 0 Å². The molecule has 1 aliphatic carbocycles. The van der Waals surface area contributed by atoms with Gasteiger partial charge in [-0.3, -0.25) is 9.78 Å². The Morgan fingerprint density at radius 1 is 1.30 bits per heavy atom. The lowest BCUT2D eigenvalue weighted by Crippen LogP contribution is -2.45. The number of aromatic nitrogens is 1. The molecule has 0 radical (unpaired) electrons. The van der Waals surface area contributed by atoms with Crippen molar-refractivity contribution in [2.24, 2.45) is 0 Å². The van der Waals surface area contributed by atoms with Crippen molar-refractivity contribution >= 4 is 5.91 Å². The molecule has 1 aromatic rings. The molecule has 1 saturated heterocycles. The first-order valence-electron chi connectivity index (χ1n) is 7.73. The molecule has 2 aliphatic rings. The molecule has 1 aliphatic heterocycles. The molecule has 108 valence electrons. The number of aryl methyl sites for hydroxylation is 1. The first-order chi connectivity index (χ1) is 9.81. The first-order valence-corrected chi connectivity index (χ1v) is 7.73. The van der Waals surface area contributed by atoms with Gasteiger partial charge in [0, 0.05) is 44.0 Å². The van der Waals surface area contributed by atoms with Gasteiger partial charge in [-0.25, -0.2) is 0 Å². The molecule has 0 bridgehead atoms. The summed E-state index contributed by atoms with van der Waals surface area (Å²) in [5.41, 5.74) is 1.13. The smallest absolute Gasteiger partial charge is 0.220 e. The van der Waals surface area contributed by atoms with Gasteiger partial charge in [0.15, 0.2) is 0 Å². The maximum Gasteiger partial charge on any atom is 0.220 e.